The lowest BCUT2D eigenvalue weighted by molar-refractivity contribution is -0.191. The highest BCUT2D eigenvalue weighted by atomic mass is 35.5. The van der Waals surface area contributed by atoms with Crippen LogP contribution in [0.4, 0.5) is 0 Å². The Labute approximate surface area is 171 Å². The van der Waals surface area contributed by atoms with E-state index in [9.17, 15) is 0 Å². The van der Waals surface area contributed by atoms with Crippen LogP contribution < -0.4 is 5.73 Å². The van der Waals surface area contributed by atoms with Crippen molar-refractivity contribution in [2.75, 3.05) is 0 Å². The third kappa shape index (κ3) is 9.75. The van der Waals surface area contributed by atoms with Crippen molar-refractivity contribution >= 4 is 36.5 Å². The monoisotopic (exact) mass is 415 g/mol. The van der Waals surface area contributed by atoms with Gasteiger partial charge in [-0.25, -0.2) is 0 Å². The molecule has 0 radical (unpaired) electrons. The lowest BCUT2D eigenvalue weighted by Crippen LogP contribution is -2.39. The molecule has 1 atom stereocenters. The Morgan fingerprint density at radius 1 is 1.19 bits per heavy atom. The van der Waals surface area contributed by atoms with E-state index in [-0.39, 0.29) is 12.2 Å². The second kappa shape index (κ2) is 13.3. The van der Waals surface area contributed by atoms with E-state index in [0.29, 0.717) is 17.3 Å². The van der Waals surface area contributed by atoms with Gasteiger partial charge in [0.15, 0.2) is 0 Å². The van der Waals surface area contributed by atoms with Gasteiger partial charge in [-0.3, -0.25) is 0 Å². The summed E-state index contributed by atoms with van der Waals surface area (Å²) < 4.78 is 0. The Bertz CT molecular complexity index is 591. The van der Waals surface area contributed by atoms with Crippen molar-refractivity contribution in [2.24, 2.45) is 17.6 Å². The van der Waals surface area contributed by atoms with E-state index in [1.807, 2.05) is 18.2 Å². The van der Waals surface area contributed by atoms with Crippen LogP contribution >= 0.6 is 23.2 Å². The molecular weight excluding hydrogens is 388 g/mol. The molecule has 1 aromatic carbocycles. The first kappa shape index (κ1) is 24.2. The number of halogens is 2. The fourth-order valence-electron chi connectivity index (χ4n) is 3.62. The van der Waals surface area contributed by atoms with E-state index in [0.717, 1.165) is 43.0 Å². The molecule has 0 aliphatic heterocycles. The second-order valence-corrected chi connectivity index (χ2v) is 8.08. The number of aryl methyl sites for hydroxylation is 1. The number of hydrogen-bond donors (Lipinski definition) is 3. The third-order valence-electron chi connectivity index (χ3n) is 5.20. The number of unbranched alkanes of at least 4 members (excludes halogenated alkanes) is 1. The summed E-state index contributed by atoms with van der Waals surface area (Å²) in [5.74, 6) is 1.44. The molecule has 4 N–H and O–H groups in total. The lowest BCUT2D eigenvalue weighted by atomic mass is 9.68. The minimum atomic E-state index is -1.18. The topological polar surface area (TPSA) is 101 Å². The summed E-state index contributed by atoms with van der Waals surface area (Å²) >= 11 is 12.1. The van der Waals surface area contributed by atoms with Crippen LogP contribution in [-0.4, -0.2) is 29.4 Å². The van der Waals surface area contributed by atoms with Gasteiger partial charge < -0.3 is 15.8 Å². The molecule has 0 heterocycles. The average molecular weight is 416 g/mol. The Morgan fingerprint density at radius 2 is 1.85 bits per heavy atom. The van der Waals surface area contributed by atoms with Crippen LogP contribution in [0.2, 0.25) is 16.4 Å². The van der Waals surface area contributed by atoms with Gasteiger partial charge in [0.05, 0.1) is 0 Å². The van der Waals surface area contributed by atoms with E-state index in [1.54, 1.807) is 0 Å². The second-order valence-electron chi connectivity index (χ2n) is 7.24. The highest BCUT2D eigenvalue weighted by Crippen LogP contribution is 2.40. The minimum absolute atomic E-state index is 0.250. The van der Waals surface area contributed by atoms with Crippen LogP contribution in [0, 0.1) is 11.8 Å². The van der Waals surface area contributed by atoms with Gasteiger partial charge in [0.2, 0.25) is 0 Å². The summed E-state index contributed by atoms with van der Waals surface area (Å²) in [4.78, 5) is 16.2. The summed E-state index contributed by atoms with van der Waals surface area (Å²) in [7, 11) is -1.18. The van der Waals surface area contributed by atoms with E-state index < -0.39 is 7.12 Å². The fraction of sp³-hybridized carbons (Fsp3) is 0.632. The number of rotatable bonds is 10. The Hall–Kier alpha value is -0.875. The van der Waals surface area contributed by atoms with Gasteiger partial charge in [-0.2, -0.15) is 9.59 Å². The van der Waals surface area contributed by atoms with Crippen LogP contribution in [-0.2, 0) is 16.0 Å². The summed E-state index contributed by atoms with van der Waals surface area (Å²) in [6, 6.07) is 6.00. The van der Waals surface area contributed by atoms with Crippen molar-refractivity contribution in [3.63, 3.8) is 0 Å². The fourth-order valence-corrected chi connectivity index (χ4v) is 4.12. The van der Waals surface area contributed by atoms with E-state index >= 15 is 0 Å². The van der Waals surface area contributed by atoms with Crippen molar-refractivity contribution in [1.82, 2.24) is 0 Å². The molecule has 0 amide bonds. The van der Waals surface area contributed by atoms with Crippen LogP contribution in [0.15, 0.2) is 18.2 Å². The number of nitrogens with two attached hydrogens (primary N) is 1. The Morgan fingerprint density at radius 3 is 2.44 bits per heavy atom. The smallest absolute Gasteiger partial charge is 0.427 e. The highest BCUT2D eigenvalue weighted by Gasteiger charge is 2.32. The normalized spacial score (nSPS) is 19.3. The number of hydrogen-bond acceptors (Lipinski definition) is 5. The van der Waals surface area contributed by atoms with Gasteiger partial charge in [-0.15, -0.1) is 0 Å². The molecule has 1 unspecified atom stereocenters. The molecule has 1 aliphatic rings. The molecule has 0 aromatic heterocycles. The molecule has 0 bridgehead atoms. The molecule has 27 heavy (non-hydrogen) atoms. The summed E-state index contributed by atoms with van der Waals surface area (Å²) in [6.45, 7) is 0. The van der Waals surface area contributed by atoms with Crippen LogP contribution in [0.1, 0.15) is 50.5 Å². The maximum absolute atomic E-state index is 8.82. The Kier molecular flexibility index (Phi) is 11.9. The van der Waals surface area contributed by atoms with Crippen molar-refractivity contribution in [3.05, 3.63) is 33.8 Å². The molecule has 150 valence electrons. The van der Waals surface area contributed by atoms with E-state index in [2.05, 4.69) is 0 Å². The third-order valence-corrected chi connectivity index (χ3v) is 5.79. The van der Waals surface area contributed by atoms with Gasteiger partial charge in [0, 0.05) is 16.1 Å². The number of carbonyl (C=O) groups excluding carboxylic acids is 2. The standard InChI is InChI=1S/C18H28BCl2NO2.CO2/c20-16-8-7-14(17(21)12-16)5-3-4-13-10-15(11-13)18(22)6-1-2-9-19(23)24;2-1-3/h7-8,12-13,15,18,23-24H,1-6,9-11,22H2;. The summed E-state index contributed by atoms with van der Waals surface area (Å²) in [5.41, 5.74) is 7.44. The molecule has 0 saturated heterocycles. The van der Waals surface area contributed by atoms with Crippen molar-refractivity contribution in [2.45, 2.75) is 63.7 Å². The van der Waals surface area contributed by atoms with E-state index in [4.69, 9.17) is 48.6 Å². The minimum Gasteiger partial charge on any atom is -0.427 e. The zero-order valence-electron chi connectivity index (χ0n) is 15.4. The lowest BCUT2D eigenvalue weighted by Gasteiger charge is -2.39. The predicted octanol–water partition coefficient (Wildman–Crippen LogP) is 3.73. The first-order valence-electron chi connectivity index (χ1n) is 9.42. The van der Waals surface area contributed by atoms with Gasteiger partial charge >= 0.3 is 13.3 Å². The van der Waals surface area contributed by atoms with Crippen LogP contribution in [0.3, 0.4) is 0 Å². The Balaban J connectivity index is 0.00000114. The molecule has 5 nitrogen and oxygen atoms in total. The SMILES string of the molecule is NC(CCCCB(O)O)C1CC(CCCc2ccc(Cl)cc2Cl)C1.O=C=O. The first-order chi connectivity index (χ1) is 12.9. The molecule has 2 rings (SSSR count). The van der Waals surface area contributed by atoms with Crippen molar-refractivity contribution in [1.29, 1.82) is 0 Å². The predicted molar refractivity (Wildman–Crippen MR) is 107 cm³/mol. The average Bonchev–Trinajstić information content (AvgIpc) is 2.55. The van der Waals surface area contributed by atoms with Gasteiger partial charge in [-0.1, -0.05) is 48.5 Å². The van der Waals surface area contributed by atoms with Crippen molar-refractivity contribution in [3.8, 4) is 0 Å². The maximum Gasteiger partial charge on any atom is 0.451 e. The largest absolute Gasteiger partial charge is 0.451 e. The summed E-state index contributed by atoms with van der Waals surface area (Å²) in [5, 5.41) is 19.1. The number of benzene rings is 1. The van der Waals surface area contributed by atoms with E-state index in [1.165, 1.54) is 24.8 Å². The maximum atomic E-state index is 8.82. The van der Waals surface area contributed by atoms with Gasteiger partial charge in [-0.05, 0) is 68.0 Å². The van der Waals surface area contributed by atoms with Crippen LogP contribution in [0.25, 0.3) is 0 Å². The molecule has 1 saturated carbocycles. The van der Waals surface area contributed by atoms with Gasteiger partial charge in [0.25, 0.3) is 0 Å². The van der Waals surface area contributed by atoms with Crippen LogP contribution in [0.5, 0.6) is 0 Å². The molecule has 1 fully saturated rings. The molecular formula is C19H28BCl2NO4. The zero-order chi connectivity index (χ0) is 20.2. The van der Waals surface area contributed by atoms with Crippen molar-refractivity contribution < 1.29 is 19.6 Å². The first-order valence-corrected chi connectivity index (χ1v) is 10.2. The molecule has 1 aromatic rings. The van der Waals surface area contributed by atoms with Gasteiger partial charge in [0.1, 0.15) is 0 Å². The summed E-state index contributed by atoms with van der Waals surface area (Å²) in [6.07, 6.45) is 9.38. The zero-order valence-corrected chi connectivity index (χ0v) is 17.0. The molecule has 8 heteroatoms. The molecule has 0 spiro atoms. The highest BCUT2D eigenvalue weighted by molar-refractivity contribution is 6.40. The molecule has 1 aliphatic carbocycles. The quantitative estimate of drug-likeness (QED) is 0.399.